The van der Waals surface area contributed by atoms with Crippen LogP contribution >= 0.6 is 0 Å². The zero-order valence-electron chi connectivity index (χ0n) is 36.2. The van der Waals surface area contributed by atoms with Crippen LogP contribution in [0.5, 0.6) is 0 Å². The molecule has 300 valence electrons. The first-order chi connectivity index (χ1) is 31.0. The Morgan fingerprint density at radius 1 is 0.302 bits per heavy atom. The first kappa shape index (κ1) is 37.3. The molecule has 0 atom stereocenters. The normalized spacial score (nSPS) is 14.0. The van der Waals surface area contributed by atoms with Crippen molar-refractivity contribution >= 4 is 38.6 Å². The van der Waals surface area contributed by atoms with E-state index in [4.69, 9.17) is 0 Å². The fourth-order valence-corrected chi connectivity index (χ4v) is 11.5. The van der Waals surface area contributed by atoms with Gasteiger partial charge in [-0.3, -0.25) is 0 Å². The highest BCUT2D eigenvalue weighted by Gasteiger charge is 2.52. The predicted molar refractivity (Wildman–Crippen MR) is 267 cm³/mol. The molecule has 0 saturated carbocycles. The minimum atomic E-state index is -0.469. The molecule has 10 aromatic rings. The first-order valence-corrected chi connectivity index (χ1v) is 22.5. The van der Waals surface area contributed by atoms with Gasteiger partial charge in [0.1, 0.15) is 0 Å². The summed E-state index contributed by atoms with van der Waals surface area (Å²) in [6, 6.07) is 79.9. The minimum Gasteiger partial charge on any atom is -0.310 e. The maximum absolute atomic E-state index is 2.52. The molecule has 0 bridgehead atoms. The molecular weight excluding hydrogens is 759 g/mol. The third-order valence-electron chi connectivity index (χ3n) is 14.2. The van der Waals surface area contributed by atoms with Gasteiger partial charge in [-0.2, -0.15) is 0 Å². The van der Waals surface area contributed by atoms with E-state index in [1.54, 1.807) is 0 Å². The lowest BCUT2D eigenvalue weighted by Crippen LogP contribution is -2.26. The topological polar surface area (TPSA) is 3.24 Å². The molecule has 0 amide bonds. The Balaban J connectivity index is 0.00000208. The summed E-state index contributed by atoms with van der Waals surface area (Å²) in [5, 5.41) is 5.06. The zero-order valence-corrected chi connectivity index (χ0v) is 36.2. The molecule has 10 aromatic carbocycles. The third kappa shape index (κ3) is 5.23. The van der Waals surface area contributed by atoms with E-state index in [9.17, 15) is 0 Å². The molecule has 0 saturated heterocycles. The lowest BCUT2D eigenvalue weighted by atomic mass is 9.70. The van der Waals surface area contributed by atoms with E-state index in [2.05, 4.69) is 231 Å². The van der Waals surface area contributed by atoms with E-state index in [1.807, 2.05) is 13.8 Å². The predicted octanol–water partition coefficient (Wildman–Crippen LogP) is 16.8. The molecular formula is C62H47N. The fraction of sp³-hybridized carbons (Fsp3) is 0.0968. The molecule has 0 heterocycles. The molecule has 1 heteroatoms. The highest BCUT2D eigenvalue weighted by Crippen LogP contribution is 2.64. The number of rotatable bonds is 4. The zero-order chi connectivity index (χ0) is 42.5. The molecule has 0 aromatic heterocycles. The van der Waals surface area contributed by atoms with E-state index in [-0.39, 0.29) is 5.41 Å². The fourth-order valence-electron chi connectivity index (χ4n) is 11.5. The Bertz CT molecular complexity index is 3410. The summed E-state index contributed by atoms with van der Waals surface area (Å²) >= 11 is 0. The van der Waals surface area contributed by atoms with Gasteiger partial charge in [0, 0.05) is 22.5 Å². The number of fused-ring (bicyclic) bond motifs is 15. The highest BCUT2D eigenvalue weighted by molar-refractivity contribution is 6.01. The van der Waals surface area contributed by atoms with Crippen LogP contribution in [0.3, 0.4) is 0 Å². The Morgan fingerprint density at radius 2 is 0.746 bits per heavy atom. The Labute approximate surface area is 370 Å². The standard InChI is InChI=1S/C60H41N.C2H6/c1-59(2)53-23-10-7-19-47(53)50-32-30-43(36-56(50)59)61(42-28-26-39(27-29-42)46-22-13-17-38-14-5-6-18-45(38)46)44-31-33-51-52-34-40-15-3-4-16-41(40)35-57(52)60(58(51)37-44)54-24-11-8-20-48(54)49-21-9-12-25-55(49)60;1-2/h3-37H,1-2H3;1-2H3. The highest BCUT2D eigenvalue weighted by atomic mass is 15.1. The van der Waals surface area contributed by atoms with E-state index in [1.165, 1.54) is 99.4 Å². The van der Waals surface area contributed by atoms with E-state index in [0.29, 0.717) is 0 Å². The second kappa shape index (κ2) is 14.0. The van der Waals surface area contributed by atoms with Gasteiger partial charge in [-0.15, -0.1) is 0 Å². The Kier molecular flexibility index (Phi) is 8.30. The van der Waals surface area contributed by atoms with Gasteiger partial charge < -0.3 is 4.90 Å². The van der Waals surface area contributed by atoms with Crippen molar-refractivity contribution in [2.75, 3.05) is 4.90 Å². The van der Waals surface area contributed by atoms with Gasteiger partial charge in [0.25, 0.3) is 0 Å². The van der Waals surface area contributed by atoms with Gasteiger partial charge in [0.2, 0.25) is 0 Å². The van der Waals surface area contributed by atoms with Crippen molar-refractivity contribution < 1.29 is 0 Å². The summed E-state index contributed by atoms with van der Waals surface area (Å²) in [5.74, 6) is 0. The monoisotopic (exact) mass is 805 g/mol. The van der Waals surface area contributed by atoms with Gasteiger partial charge in [-0.05, 0) is 148 Å². The average Bonchev–Trinajstić information content (AvgIpc) is 3.89. The molecule has 13 rings (SSSR count). The molecule has 0 fully saturated rings. The van der Waals surface area contributed by atoms with Gasteiger partial charge in [0.05, 0.1) is 5.41 Å². The average molecular weight is 806 g/mol. The van der Waals surface area contributed by atoms with Crippen molar-refractivity contribution in [2.24, 2.45) is 0 Å². The van der Waals surface area contributed by atoms with Crippen molar-refractivity contribution in [1.29, 1.82) is 0 Å². The molecule has 3 aliphatic rings. The summed E-state index contributed by atoms with van der Waals surface area (Å²) in [7, 11) is 0. The molecule has 3 aliphatic carbocycles. The molecule has 1 nitrogen and oxygen atoms in total. The molecule has 0 radical (unpaired) electrons. The number of nitrogens with zero attached hydrogens (tertiary/aromatic N) is 1. The van der Waals surface area contributed by atoms with Crippen molar-refractivity contribution in [1.82, 2.24) is 0 Å². The molecule has 1 spiro atoms. The van der Waals surface area contributed by atoms with E-state index in [0.717, 1.165) is 17.1 Å². The maximum atomic E-state index is 2.52. The minimum absolute atomic E-state index is 0.130. The SMILES string of the molecule is CC.CC1(C)c2ccccc2-c2ccc(N(c3ccc(-c4cccc5ccccc45)cc3)c3ccc4c(c3)C3(c5ccccc5-c5ccccc53)c3cc5ccccc5cc3-4)cc21. The van der Waals surface area contributed by atoms with Gasteiger partial charge in [-0.1, -0.05) is 191 Å². The molecule has 0 aliphatic heterocycles. The molecule has 63 heavy (non-hydrogen) atoms. The van der Waals surface area contributed by atoms with Crippen LogP contribution in [0.2, 0.25) is 0 Å². The van der Waals surface area contributed by atoms with Crippen LogP contribution in [0, 0.1) is 0 Å². The lowest BCUT2D eigenvalue weighted by molar-refractivity contribution is 0.660. The quantitative estimate of drug-likeness (QED) is 0.171. The van der Waals surface area contributed by atoms with E-state index < -0.39 is 5.41 Å². The van der Waals surface area contributed by atoms with Crippen LogP contribution in [0.15, 0.2) is 212 Å². The number of hydrogen-bond acceptors (Lipinski definition) is 1. The summed E-state index contributed by atoms with van der Waals surface area (Å²) in [6.45, 7) is 8.75. The number of hydrogen-bond donors (Lipinski definition) is 0. The van der Waals surface area contributed by atoms with Crippen molar-refractivity contribution in [3.63, 3.8) is 0 Å². The Hall–Kier alpha value is -7.48. The van der Waals surface area contributed by atoms with Crippen molar-refractivity contribution in [3.05, 3.63) is 246 Å². The second-order valence-corrected chi connectivity index (χ2v) is 17.6. The van der Waals surface area contributed by atoms with E-state index >= 15 is 0 Å². The number of benzene rings is 10. The van der Waals surface area contributed by atoms with Crippen LogP contribution in [-0.4, -0.2) is 0 Å². The van der Waals surface area contributed by atoms with Crippen molar-refractivity contribution in [2.45, 2.75) is 38.5 Å². The maximum Gasteiger partial charge on any atom is 0.0726 e. The van der Waals surface area contributed by atoms with Crippen LogP contribution in [-0.2, 0) is 10.8 Å². The van der Waals surface area contributed by atoms with Crippen LogP contribution in [0.4, 0.5) is 17.1 Å². The summed E-state index contributed by atoms with van der Waals surface area (Å²) < 4.78 is 0. The van der Waals surface area contributed by atoms with Crippen LogP contribution < -0.4 is 4.90 Å². The van der Waals surface area contributed by atoms with Crippen molar-refractivity contribution in [3.8, 4) is 44.5 Å². The summed E-state index contributed by atoms with van der Waals surface area (Å²) in [6.07, 6.45) is 0. The summed E-state index contributed by atoms with van der Waals surface area (Å²) in [4.78, 5) is 2.49. The van der Waals surface area contributed by atoms with Crippen LogP contribution in [0.1, 0.15) is 61.1 Å². The molecule has 0 unspecified atom stereocenters. The van der Waals surface area contributed by atoms with Crippen LogP contribution in [0.25, 0.3) is 66.1 Å². The van der Waals surface area contributed by atoms with Gasteiger partial charge >= 0.3 is 0 Å². The van der Waals surface area contributed by atoms with Gasteiger partial charge in [0.15, 0.2) is 0 Å². The largest absolute Gasteiger partial charge is 0.310 e. The smallest absolute Gasteiger partial charge is 0.0726 e. The summed E-state index contributed by atoms with van der Waals surface area (Å²) in [5.41, 5.74) is 21.3. The lowest BCUT2D eigenvalue weighted by Gasteiger charge is -2.32. The molecule has 0 N–H and O–H groups in total. The number of anilines is 3. The first-order valence-electron chi connectivity index (χ1n) is 22.5. The van der Waals surface area contributed by atoms with Gasteiger partial charge in [-0.25, -0.2) is 0 Å². The second-order valence-electron chi connectivity index (χ2n) is 17.6. The third-order valence-corrected chi connectivity index (χ3v) is 14.2. The Morgan fingerprint density at radius 3 is 1.41 bits per heavy atom.